The van der Waals surface area contributed by atoms with E-state index in [-0.39, 0.29) is 11.1 Å². The van der Waals surface area contributed by atoms with Gasteiger partial charge in [0.05, 0.1) is 0 Å². The fourth-order valence-electron chi connectivity index (χ4n) is 5.18. The van der Waals surface area contributed by atoms with Crippen LogP contribution in [0.1, 0.15) is 0 Å². The van der Waals surface area contributed by atoms with E-state index < -0.39 is 11.6 Å². The van der Waals surface area contributed by atoms with Gasteiger partial charge >= 0.3 is 0 Å². The number of rotatable bonds is 3. The molecule has 0 atom stereocenters. The van der Waals surface area contributed by atoms with Crippen LogP contribution in [0.2, 0.25) is 0 Å². The molecule has 1 aromatic heterocycles. The van der Waals surface area contributed by atoms with E-state index in [1.165, 1.54) is 32.7 Å². The molecule has 0 aliphatic carbocycles. The standard InChI is InChI=1S/C33H19F2NO/c34-27-18-29-30(19-28(27)35)37-33(36-29)22-16-14-21(15-17-22)32-25-12-6-4-10-23(25)31(20-8-2-1-3-9-20)24-11-5-7-13-26(24)32/h1-19H. The monoisotopic (exact) mass is 483 g/mol. The van der Waals surface area contributed by atoms with Gasteiger partial charge in [-0.1, -0.05) is 91.0 Å². The van der Waals surface area contributed by atoms with Crippen LogP contribution in [0.25, 0.3) is 66.4 Å². The molecule has 0 aliphatic rings. The van der Waals surface area contributed by atoms with Crippen molar-refractivity contribution in [2.24, 2.45) is 0 Å². The molecule has 0 saturated heterocycles. The Morgan fingerprint density at radius 2 is 0.946 bits per heavy atom. The molecule has 0 radical (unpaired) electrons. The molecule has 4 heteroatoms. The van der Waals surface area contributed by atoms with E-state index in [2.05, 4.69) is 77.8 Å². The summed E-state index contributed by atoms with van der Waals surface area (Å²) in [7, 11) is 0. The van der Waals surface area contributed by atoms with E-state index in [9.17, 15) is 8.78 Å². The van der Waals surface area contributed by atoms with Crippen molar-refractivity contribution in [1.82, 2.24) is 4.98 Å². The van der Waals surface area contributed by atoms with Crippen molar-refractivity contribution >= 4 is 32.6 Å². The fourth-order valence-corrected chi connectivity index (χ4v) is 5.18. The van der Waals surface area contributed by atoms with E-state index in [0.29, 0.717) is 5.89 Å². The van der Waals surface area contributed by atoms with Crippen LogP contribution in [-0.4, -0.2) is 4.98 Å². The van der Waals surface area contributed by atoms with E-state index >= 15 is 0 Å². The lowest BCUT2D eigenvalue weighted by Gasteiger charge is -2.17. The summed E-state index contributed by atoms with van der Waals surface area (Å²) in [6.45, 7) is 0. The smallest absolute Gasteiger partial charge is 0.227 e. The molecular formula is C33H19F2NO. The summed E-state index contributed by atoms with van der Waals surface area (Å²) in [6, 6.07) is 37.5. The summed E-state index contributed by atoms with van der Waals surface area (Å²) in [4.78, 5) is 4.36. The van der Waals surface area contributed by atoms with Crippen molar-refractivity contribution in [2.45, 2.75) is 0 Å². The first-order valence-corrected chi connectivity index (χ1v) is 12.0. The second kappa shape index (κ2) is 8.38. The SMILES string of the molecule is Fc1cc2nc(-c3ccc(-c4c5ccccc5c(-c5ccccc5)c5ccccc45)cc3)oc2cc1F. The zero-order chi connectivity index (χ0) is 24.9. The van der Waals surface area contributed by atoms with Crippen LogP contribution in [0.5, 0.6) is 0 Å². The normalized spacial score (nSPS) is 11.5. The molecule has 0 fully saturated rings. The molecule has 1 heterocycles. The Bertz CT molecular complexity index is 1840. The summed E-state index contributed by atoms with van der Waals surface area (Å²) in [6.07, 6.45) is 0. The predicted molar refractivity (Wildman–Crippen MR) is 145 cm³/mol. The molecule has 0 aliphatic heterocycles. The minimum absolute atomic E-state index is 0.214. The van der Waals surface area contributed by atoms with E-state index in [1.54, 1.807) is 0 Å². The first-order chi connectivity index (χ1) is 18.2. The Hall–Kier alpha value is -4.83. The molecule has 0 saturated carbocycles. The van der Waals surface area contributed by atoms with Gasteiger partial charge in [-0.25, -0.2) is 13.8 Å². The van der Waals surface area contributed by atoms with Crippen LogP contribution in [0.4, 0.5) is 8.78 Å². The Morgan fingerprint density at radius 3 is 1.51 bits per heavy atom. The lowest BCUT2D eigenvalue weighted by molar-refractivity contribution is 0.507. The van der Waals surface area contributed by atoms with Gasteiger partial charge in [0.25, 0.3) is 0 Å². The molecule has 37 heavy (non-hydrogen) atoms. The Balaban J connectivity index is 1.43. The lowest BCUT2D eigenvalue weighted by Crippen LogP contribution is -1.90. The maximum atomic E-state index is 13.6. The number of hydrogen-bond donors (Lipinski definition) is 0. The van der Waals surface area contributed by atoms with Crippen molar-refractivity contribution in [1.29, 1.82) is 0 Å². The number of halogens is 2. The third-order valence-corrected chi connectivity index (χ3v) is 6.84. The van der Waals surface area contributed by atoms with E-state index in [1.807, 2.05) is 30.3 Å². The fraction of sp³-hybridized carbons (Fsp3) is 0. The first kappa shape index (κ1) is 21.5. The molecular weight excluding hydrogens is 464 g/mol. The first-order valence-electron chi connectivity index (χ1n) is 12.0. The number of oxazole rings is 1. The van der Waals surface area contributed by atoms with Crippen LogP contribution in [0.3, 0.4) is 0 Å². The third kappa shape index (κ3) is 3.49. The predicted octanol–water partition coefficient (Wildman–Crippen LogP) is 9.41. The summed E-state index contributed by atoms with van der Waals surface area (Å²) >= 11 is 0. The average Bonchev–Trinajstić information content (AvgIpc) is 3.35. The Kier molecular flexibility index (Phi) is 4.86. The number of fused-ring (bicyclic) bond motifs is 3. The maximum Gasteiger partial charge on any atom is 0.227 e. The number of nitrogens with zero attached hydrogens (tertiary/aromatic N) is 1. The van der Waals surface area contributed by atoms with Crippen molar-refractivity contribution in [2.75, 3.05) is 0 Å². The molecule has 0 N–H and O–H groups in total. The second-order valence-corrected chi connectivity index (χ2v) is 9.04. The van der Waals surface area contributed by atoms with Crippen LogP contribution in [0.15, 0.2) is 120 Å². The molecule has 7 aromatic rings. The van der Waals surface area contributed by atoms with Gasteiger partial charge in [0.15, 0.2) is 17.2 Å². The minimum atomic E-state index is -0.955. The van der Waals surface area contributed by atoms with Crippen molar-refractivity contribution in [3.63, 3.8) is 0 Å². The van der Waals surface area contributed by atoms with Crippen LogP contribution in [-0.2, 0) is 0 Å². The largest absolute Gasteiger partial charge is 0.436 e. The molecule has 0 bridgehead atoms. The highest BCUT2D eigenvalue weighted by molar-refractivity contribution is 6.21. The van der Waals surface area contributed by atoms with Crippen LogP contribution < -0.4 is 0 Å². The lowest BCUT2D eigenvalue weighted by atomic mass is 9.86. The highest BCUT2D eigenvalue weighted by Crippen LogP contribution is 2.43. The van der Waals surface area contributed by atoms with Crippen LogP contribution >= 0.6 is 0 Å². The molecule has 0 spiro atoms. The molecule has 2 nitrogen and oxygen atoms in total. The topological polar surface area (TPSA) is 26.0 Å². The average molecular weight is 484 g/mol. The van der Waals surface area contributed by atoms with Gasteiger partial charge in [0.1, 0.15) is 5.52 Å². The quantitative estimate of drug-likeness (QED) is 0.234. The van der Waals surface area contributed by atoms with Crippen LogP contribution in [0, 0.1) is 11.6 Å². The summed E-state index contributed by atoms with van der Waals surface area (Å²) in [5.41, 5.74) is 5.84. The number of hydrogen-bond acceptors (Lipinski definition) is 2. The Morgan fingerprint density at radius 1 is 0.486 bits per heavy atom. The number of aromatic nitrogens is 1. The molecule has 0 amide bonds. The summed E-state index contributed by atoms with van der Waals surface area (Å²) in [5, 5.41) is 4.71. The van der Waals surface area contributed by atoms with Gasteiger partial charge < -0.3 is 4.42 Å². The second-order valence-electron chi connectivity index (χ2n) is 9.04. The molecule has 176 valence electrons. The van der Waals surface area contributed by atoms with E-state index in [4.69, 9.17) is 4.42 Å². The molecule has 7 rings (SSSR count). The van der Waals surface area contributed by atoms with Crippen molar-refractivity contribution in [3.05, 3.63) is 127 Å². The van der Waals surface area contributed by atoms with Gasteiger partial charge in [-0.05, 0) is 55.9 Å². The van der Waals surface area contributed by atoms with E-state index in [0.717, 1.165) is 28.8 Å². The third-order valence-electron chi connectivity index (χ3n) is 6.84. The zero-order valence-electron chi connectivity index (χ0n) is 19.6. The molecule has 0 unspecified atom stereocenters. The highest BCUT2D eigenvalue weighted by atomic mass is 19.2. The Labute approximate surface area is 211 Å². The zero-order valence-corrected chi connectivity index (χ0v) is 19.6. The summed E-state index contributed by atoms with van der Waals surface area (Å²) < 4.78 is 33.0. The van der Waals surface area contributed by atoms with Gasteiger partial charge in [0.2, 0.25) is 5.89 Å². The minimum Gasteiger partial charge on any atom is -0.436 e. The number of benzene rings is 6. The van der Waals surface area contributed by atoms with Gasteiger partial charge in [-0.3, -0.25) is 0 Å². The summed E-state index contributed by atoms with van der Waals surface area (Å²) in [5.74, 6) is -1.58. The highest BCUT2D eigenvalue weighted by Gasteiger charge is 2.17. The molecule has 6 aromatic carbocycles. The van der Waals surface area contributed by atoms with Gasteiger partial charge in [0, 0.05) is 17.7 Å². The van der Waals surface area contributed by atoms with Gasteiger partial charge in [-0.15, -0.1) is 0 Å². The van der Waals surface area contributed by atoms with Crippen molar-refractivity contribution in [3.8, 4) is 33.7 Å². The van der Waals surface area contributed by atoms with Gasteiger partial charge in [-0.2, -0.15) is 0 Å². The van der Waals surface area contributed by atoms with Crippen molar-refractivity contribution < 1.29 is 13.2 Å². The maximum absolute atomic E-state index is 13.6.